The fourth-order valence-corrected chi connectivity index (χ4v) is 6.12. The van der Waals surface area contributed by atoms with Crippen molar-refractivity contribution < 1.29 is 12.8 Å². The molecule has 0 bridgehead atoms. The topological polar surface area (TPSA) is 103 Å². The molecule has 1 aliphatic rings. The summed E-state index contributed by atoms with van der Waals surface area (Å²) in [5, 5.41) is 3.98. The predicted molar refractivity (Wildman–Crippen MR) is 145 cm³/mol. The van der Waals surface area contributed by atoms with E-state index in [2.05, 4.69) is 43.8 Å². The Labute approximate surface area is 215 Å². The van der Waals surface area contributed by atoms with Crippen LogP contribution in [0, 0.1) is 5.82 Å². The Balaban J connectivity index is 1.79. The molecule has 36 heavy (non-hydrogen) atoms. The van der Waals surface area contributed by atoms with Gasteiger partial charge in [0.2, 0.25) is 16.0 Å². The Kier molecular flexibility index (Phi) is 8.37. The lowest BCUT2D eigenvalue weighted by Gasteiger charge is -2.32. The van der Waals surface area contributed by atoms with Crippen molar-refractivity contribution in [1.82, 2.24) is 19.9 Å². The van der Waals surface area contributed by atoms with E-state index in [0.29, 0.717) is 28.6 Å². The van der Waals surface area contributed by atoms with Crippen molar-refractivity contribution in [1.29, 1.82) is 0 Å². The molecule has 3 heterocycles. The summed E-state index contributed by atoms with van der Waals surface area (Å²) in [7, 11) is -1.56. The predicted octanol–water partition coefficient (Wildman–Crippen LogP) is 4.13. The number of likely N-dealkylation sites (N-methyl/N-ethyl adjacent to an activating group) is 1. The van der Waals surface area contributed by atoms with Crippen molar-refractivity contribution in [2.24, 2.45) is 0 Å². The van der Waals surface area contributed by atoms with Crippen LogP contribution in [0.5, 0.6) is 0 Å². The first kappa shape index (κ1) is 26.2. The van der Waals surface area contributed by atoms with Crippen LogP contribution in [0.4, 0.5) is 21.2 Å². The zero-order valence-corrected chi connectivity index (χ0v) is 22.4. The van der Waals surface area contributed by atoms with Gasteiger partial charge in [0.15, 0.2) is 10.9 Å². The minimum absolute atomic E-state index is 0.0827. The fraction of sp³-hybridized carbons (Fsp3) is 0.458. The van der Waals surface area contributed by atoms with Crippen LogP contribution < -0.4 is 14.9 Å². The van der Waals surface area contributed by atoms with Gasteiger partial charge >= 0.3 is 0 Å². The smallest absolute Gasteiger partial charge is 0.232 e. The van der Waals surface area contributed by atoms with Gasteiger partial charge in [0.25, 0.3) is 0 Å². The van der Waals surface area contributed by atoms with Crippen molar-refractivity contribution in [3.8, 4) is 21.8 Å². The summed E-state index contributed by atoms with van der Waals surface area (Å²) in [6.07, 6.45) is 3.03. The highest BCUT2D eigenvalue weighted by atomic mass is 32.2. The molecule has 1 aromatic carbocycles. The summed E-state index contributed by atoms with van der Waals surface area (Å²) in [4.78, 5) is 19.0. The minimum Gasteiger partial charge on any atom is -0.354 e. The molecule has 1 saturated heterocycles. The molecular formula is C24H32FN7O2S2. The average molecular weight is 534 g/mol. The average Bonchev–Trinajstić information content (AvgIpc) is 3.30. The molecular weight excluding hydrogens is 501 g/mol. The standard InChI is InChI=1S/C24H32FN7O2S2/c1-4-10-26-23-27-11-9-19(28-23)22-21(29-24(35-22)32-14-12-31(3)13-15-32)17-7-6-8-18(20(17)25)30-36(33,34)16-5-2/h6-9,11,30H,4-5,10,12-16H2,1-3H3,(H,26,27,28). The summed E-state index contributed by atoms with van der Waals surface area (Å²) >= 11 is 1.46. The Morgan fingerprint density at radius 2 is 1.86 bits per heavy atom. The maximum atomic E-state index is 15.7. The highest BCUT2D eigenvalue weighted by Gasteiger charge is 2.25. The van der Waals surface area contributed by atoms with Gasteiger partial charge in [-0.2, -0.15) is 0 Å². The van der Waals surface area contributed by atoms with E-state index < -0.39 is 15.8 Å². The zero-order chi connectivity index (χ0) is 25.7. The van der Waals surface area contributed by atoms with Crippen molar-refractivity contribution >= 4 is 38.1 Å². The van der Waals surface area contributed by atoms with Crippen LogP contribution in [0.1, 0.15) is 26.7 Å². The monoisotopic (exact) mass is 533 g/mol. The van der Waals surface area contributed by atoms with Crippen LogP contribution in [0.2, 0.25) is 0 Å². The van der Waals surface area contributed by atoms with Crippen molar-refractivity contribution in [2.75, 3.05) is 60.5 Å². The number of nitrogens with one attached hydrogen (secondary N) is 2. The number of thiazole rings is 1. The number of aromatic nitrogens is 3. The number of rotatable bonds is 10. The Morgan fingerprint density at radius 3 is 2.58 bits per heavy atom. The first-order valence-corrected chi connectivity index (χ1v) is 14.6. The van der Waals surface area contributed by atoms with Gasteiger partial charge in [-0.15, -0.1) is 0 Å². The highest BCUT2D eigenvalue weighted by Crippen LogP contribution is 2.42. The quantitative estimate of drug-likeness (QED) is 0.401. The maximum Gasteiger partial charge on any atom is 0.232 e. The van der Waals surface area contributed by atoms with Gasteiger partial charge in [-0.1, -0.05) is 31.3 Å². The third kappa shape index (κ3) is 6.11. The summed E-state index contributed by atoms with van der Waals surface area (Å²) in [5.41, 5.74) is 1.20. The largest absolute Gasteiger partial charge is 0.354 e. The molecule has 1 fully saturated rings. The van der Waals surface area contributed by atoms with E-state index in [9.17, 15) is 8.42 Å². The summed E-state index contributed by atoms with van der Waals surface area (Å²) in [5.74, 6) is -0.246. The number of benzene rings is 1. The number of nitrogens with zero attached hydrogens (tertiary/aromatic N) is 5. The molecule has 0 saturated carbocycles. The Morgan fingerprint density at radius 1 is 1.08 bits per heavy atom. The molecule has 2 N–H and O–H groups in total. The number of anilines is 3. The van der Waals surface area contributed by atoms with Crippen LogP contribution in [0.3, 0.4) is 0 Å². The minimum atomic E-state index is -3.65. The molecule has 2 aromatic heterocycles. The second-order valence-electron chi connectivity index (χ2n) is 8.74. The van der Waals surface area contributed by atoms with E-state index in [1.807, 2.05) is 0 Å². The van der Waals surface area contributed by atoms with Gasteiger partial charge in [0.1, 0.15) is 0 Å². The van der Waals surface area contributed by atoms with Crippen LogP contribution in [0.25, 0.3) is 21.8 Å². The third-order valence-corrected chi connectivity index (χ3v) is 8.42. The molecule has 0 radical (unpaired) electrons. The molecule has 194 valence electrons. The lowest BCUT2D eigenvalue weighted by molar-refractivity contribution is 0.313. The van der Waals surface area contributed by atoms with Gasteiger partial charge in [-0.05, 0) is 38.1 Å². The molecule has 0 amide bonds. The van der Waals surface area contributed by atoms with E-state index in [-0.39, 0.29) is 17.0 Å². The van der Waals surface area contributed by atoms with Crippen LogP contribution in [0.15, 0.2) is 30.5 Å². The lowest BCUT2D eigenvalue weighted by atomic mass is 10.1. The maximum absolute atomic E-state index is 15.7. The van der Waals surface area contributed by atoms with Crippen molar-refractivity contribution in [3.05, 3.63) is 36.3 Å². The van der Waals surface area contributed by atoms with E-state index in [0.717, 1.165) is 44.3 Å². The zero-order valence-electron chi connectivity index (χ0n) is 20.8. The molecule has 0 spiro atoms. The molecule has 0 unspecified atom stereocenters. The molecule has 9 nitrogen and oxygen atoms in total. The van der Waals surface area contributed by atoms with Crippen molar-refractivity contribution in [3.63, 3.8) is 0 Å². The van der Waals surface area contributed by atoms with Crippen molar-refractivity contribution in [2.45, 2.75) is 26.7 Å². The Bertz CT molecular complexity index is 1290. The number of halogens is 1. The van der Waals surface area contributed by atoms with Gasteiger partial charge in [0, 0.05) is 44.5 Å². The highest BCUT2D eigenvalue weighted by molar-refractivity contribution is 7.92. The SMILES string of the molecule is CCCNc1nccc(-c2sc(N3CCN(C)CC3)nc2-c2cccc(NS(=O)(=O)CCC)c2F)n1. The van der Waals surface area contributed by atoms with Crippen LogP contribution in [-0.2, 0) is 10.0 Å². The number of hydrogen-bond donors (Lipinski definition) is 2. The van der Waals surface area contributed by atoms with E-state index in [4.69, 9.17) is 4.98 Å². The summed E-state index contributed by atoms with van der Waals surface area (Å²) in [6.45, 7) is 8.01. The summed E-state index contributed by atoms with van der Waals surface area (Å²) < 4.78 is 42.8. The normalized spacial score (nSPS) is 14.7. The first-order chi connectivity index (χ1) is 17.3. The second-order valence-corrected chi connectivity index (χ2v) is 11.6. The van der Waals surface area contributed by atoms with Gasteiger partial charge in [0.05, 0.1) is 27.7 Å². The first-order valence-electron chi connectivity index (χ1n) is 12.1. The summed E-state index contributed by atoms with van der Waals surface area (Å²) in [6, 6.07) is 6.47. The van der Waals surface area contributed by atoms with E-state index >= 15 is 4.39 Å². The van der Waals surface area contributed by atoms with Crippen LogP contribution in [-0.4, -0.2) is 73.8 Å². The van der Waals surface area contributed by atoms with E-state index in [1.54, 1.807) is 31.3 Å². The Hall–Kier alpha value is -2.83. The van der Waals surface area contributed by atoms with Gasteiger partial charge in [-0.25, -0.2) is 27.8 Å². The molecule has 1 aliphatic heterocycles. The van der Waals surface area contributed by atoms with E-state index in [1.165, 1.54) is 17.4 Å². The van der Waals surface area contributed by atoms with Gasteiger partial charge < -0.3 is 15.1 Å². The molecule has 3 aromatic rings. The molecule has 0 atom stereocenters. The number of piperazine rings is 1. The number of hydrogen-bond acceptors (Lipinski definition) is 9. The molecule has 4 rings (SSSR count). The fourth-order valence-electron chi connectivity index (χ4n) is 3.89. The number of sulfonamides is 1. The van der Waals surface area contributed by atoms with Crippen LogP contribution >= 0.6 is 11.3 Å². The lowest BCUT2D eigenvalue weighted by Crippen LogP contribution is -2.44. The molecule has 12 heteroatoms. The van der Waals surface area contributed by atoms with Gasteiger partial charge in [-0.3, -0.25) is 4.72 Å². The second kappa shape index (κ2) is 11.5. The molecule has 0 aliphatic carbocycles. The third-order valence-electron chi connectivity index (χ3n) is 5.80.